The van der Waals surface area contributed by atoms with Gasteiger partial charge < -0.3 is 10.4 Å². The minimum absolute atomic E-state index is 0. The van der Waals surface area contributed by atoms with E-state index in [1.807, 2.05) is 48.5 Å². The first-order chi connectivity index (χ1) is 10.7. The van der Waals surface area contributed by atoms with Gasteiger partial charge in [0.05, 0.1) is 0 Å². The summed E-state index contributed by atoms with van der Waals surface area (Å²) in [5.41, 5.74) is 1.61. The van der Waals surface area contributed by atoms with Crippen molar-refractivity contribution in [1.29, 1.82) is 0 Å². The number of nitrogens with one attached hydrogen (secondary N) is 1. The molecule has 2 rings (SSSR count). The van der Waals surface area contributed by atoms with Crippen LogP contribution in [0.4, 0.5) is 0 Å². The van der Waals surface area contributed by atoms with E-state index < -0.39 is 12.0 Å². The Morgan fingerprint density at radius 2 is 1.52 bits per heavy atom. The third kappa shape index (κ3) is 6.22. The number of Topliss-reactive ketones (excluding diaryl/α,β-unsaturated/α-hetero) is 1. The number of carbonyl (C=O) groups is 2. The molecule has 1 atom stereocenters. The van der Waals surface area contributed by atoms with Gasteiger partial charge in [-0.1, -0.05) is 60.7 Å². The maximum Gasteiger partial charge on any atom is 0.321 e. The highest BCUT2D eigenvalue weighted by Gasteiger charge is 2.17. The fraction of sp³-hybridized carbons (Fsp3) is 0.222. The van der Waals surface area contributed by atoms with Crippen molar-refractivity contribution < 1.29 is 14.7 Å². The second kappa shape index (κ2) is 9.77. The van der Waals surface area contributed by atoms with Crippen molar-refractivity contribution in [3.8, 4) is 0 Å². The lowest BCUT2D eigenvalue weighted by Crippen LogP contribution is -2.39. The van der Waals surface area contributed by atoms with Crippen molar-refractivity contribution in [1.82, 2.24) is 5.32 Å². The van der Waals surface area contributed by atoms with Gasteiger partial charge in [0.25, 0.3) is 0 Å². The Labute approximate surface area is 141 Å². The Balaban J connectivity index is 0.00000264. The second-order valence-corrected chi connectivity index (χ2v) is 5.07. The van der Waals surface area contributed by atoms with Gasteiger partial charge >= 0.3 is 5.97 Å². The Hall–Kier alpha value is -2.17. The molecule has 0 bridgehead atoms. The molecule has 0 aliphatic heterocycles. The van der Waals surface area contributed by atoms with Crippen molar-refractivity contribution in [2.75, 3.05) is 6.54 Å². The van der Waals surface area contributed by atoms with Crippen LogP contribution in [0.3, 0.4) is 0 Å². The highest BCUT2D eigenvalue weighted by atomic mass is 35.5. The van der Waals surface area contributed by atoms with Gasteiger partial charge in [0.2, 0.25) is 0 Å². The van der Waals surface area contributed by atoms with E-state index in [0.717, 1.165) is 5.56 Å². The van der Waals surface area contributed by atoms with Crippen LogP contribution in [0, 0.1) is 0 Å². The summed E-state index contributed by atoms with van der Waals surface area (Å²) in [5.74, 6) is -0.895. The largest absolute Gasteiger partial charge is 0.480 e. The predicted molar refractivity (Wildman–Crippen MR) is 92.2 cm³/mol. The van der Waals surface area contributed by atoms with Gasteiger partial charge in [-0.05, 0) is 12.0 Å². The maximum atomic E-state index is 12.0. The van der Waals surface area contributed by atoms with E-state index >= 15 is 0 Å². The summed E-state index contributed by atoms with van der Waals surface area (Å²) < 4.78 is 0. The third-order valence-electron chi connectivity index (χ3n) is 3.42. The summed E-state index contributed by atoms with van der Waals surface area (Å²) in [4.78, 5) is 23.3. The van der Waals surface area contributed by atoms with Crippen LogP contribution in [0.25, 0.3) is 0 Å². The lowest BCUT2D eigenvalue weighted by atomic mass is 10.1. The molecule has 2 N–H and O–H groups in total. The molecule has 2 aromatic carbocycles. The molecule has 122 valence electrons. The van der Waals surface area contributed by atoms with Crippen LogP contribution in [0.1, 0.15) is 22.3 Å². The predicted octanol–water partition coefficient (Wildman–Crippen LogP) is 2.97. The summed E-state index contributed by atoms with van der Waals surface area (Å²) in [7, 11) is 0. The van der Waals surface area contributed by atoms with E-state index in [1.165, 1.54) is 0 Å². The molecule has 0 heterocycles. The Morgan fingerprint density at radius 1 is 0.957 bits per heavy atom. The number of carboxylic acid groups (broad SMARTS) is 1. The van der Waals surface area contributed by atoms with E-state index in [-0.39, 0.29) is 24.6 Å². The van der Waals surface area contributed by atoms with Gasteiger partial charge in [-0.3, -0.25) is 9.59 Å². The fourth-order valence-electron chi connectivity index (χ4n) is 2.22. The molecule has 0 aliphatic rings. The molecule has 0 saturated carbocycles. The van der Waals surface area contributed by atoms with E-state index in [4.69, 9.17) is 0 Å². The average molecular weight is 334 g/mol. The molecule has 0 fully saturated rings. The van der Waals surface area contributed by atoms with Gasteiger partial charge in [0.1, 0.15) is 6.04 Å². The molecule has 0 aromatic heterocycles. The first kappa shape index (κ1) is 18.9. The van der Waals surface area contributed by atoms with Crippen LogP contribution in [0.15, 0.2) is 60.7 Å². The standard InChI is InChI=1S/C18H19NO3.ClH/c20-17(15-9-5-2-6-10-15)11-12-19-16(18(21)22)13-14-7-3-1-4-8-14;/h1-10,16,19H,11-13H2,(H,21,22);1H/t16-;/m0./s1. The van der Waals surface area contributed by atoms with Gasteiger partial charge in [-0.25, -0.2) is 0 Å². The summed E-state index contributed by atoms with van der Waals surface area (Å²) in [6, 6.07) is 17.8. The average Bonchev–Trinajstić information content (AvgIpc) is 2.55. The van der Waals surface area contributed by atoms with Crippen LogP contribution < -0.4 is 5.32 Å². The number of ketones is 1. The van der Waals surface area contributed by atoms with Crippen molar-refractivity contribution >= 4 is 24.2 Å². The molecule has 4 nitrogen and oxygen atoms in total. The number of halogens is 1. The fourth-order valence-corrected chi connectivity index (χ4v) is 2.22. The molecule has 5 heteroatoms. The molecule has 0 radical (unpaired) electrons. The minimum Gasteiger partial charge on any atom is -0.480 e. The first-order valence-electron chi connectivity index (χ1n) is 7.25. The molecular weight excluding hydrogens is 314 g/mol. The molecule has 0 saturated heterocycles. The number of hydrogen-bond donors (Lipinski definition) is 2. The Bertz CT molecular complexity index is 617. The highest BCUT2D eigenvalue weighted by molar-refractivity contribution is 5.96. The lowest BCUT2D eigenvalue weighted by Gasteiger charge is -2.14. The molecule has 0 unspecified atom stereocenters. The second-order valence-electron chi connectivity index (χ2n) is 5.07. The van der Waals surface area contributed by atoms with Crippen molar-refractivity contribution in [3.05, 3.63) is 71.8 Å². The topological polar surface area (TPSA) is 66.4 Å². The zero-order chi connectivity index (χ0) is 15.8. The van der Waals surface area contributed by atoms with E-state index in [1.54, 1.807) is 12.1 Å². The van der Waals surface area contributed by atoms with E-state index in [0.29, 0.717) is 18.5 Å². The van der Waals surface area contributed by atoms with Gasteiger partial charge in [-0.2, -0.15) is 0 Å². The summed E-state index contributed by atoms with van der Waals surface area (Å²) in [6.07, 6.45) is 0.679. The molecule has 2 aromatic rings. The monoisotopic (exact) mass is 333 g/mol. The Kier molecular flexibility index (Phi) is 8.02. The van der Waals surface area contributed by atoms with Gasteiger partial charge in [-0.15, -0.1) is 12.4 Å². The number of carboxylic acids is 1. The van der Waals surface area contributed by atoms with Gasteiger partial charge in [0, 0.05) is 18.5 Å². The van der Waals surface area contributed by atoms with Crippen molar-refractivity contribution in [2.45, 2.75) is 18.9 Å². The summed E-state index contributed by atoms with van der Waals surface area (Å²) in [5, 5.41) is 12.2. The summed E-state index contributed by atoms with van der Waals surface area (Å²) >= 11 is 0. The molecule has 23 heavy (non-hydrogen) atoms. The van der Waals surface area contributed by atoms with Crippen LogP contribution in [0.5, 0.6) is 0 Å². The SMILES string of the molecule is Cl.O=C(CCN[C@@H](Cc1ccccc1)C(=O)O)c1ccccc1. The minimum atomic E-state index is -0.906. The first-order valence-corrected chi connectivity index (χ1v) is 7.25. The molecule has 0 spiro atoms. The van der Waals surface area contributed by atoms with Gasteiger partial charge in [0.15, 0.2) is 5.78 Å². The van der Waals surface area contributed by atoms with Crippen LogP contribution in [-0.4, -0.2) is 29.4 Å². The zero-order valence-corrected chi connectivity index (χ0v) is 13.5. The quantitative estimate of drug-likeness (QED) is 0.729. The van der Waals surface area contributed by atoms with Crippen LogP contribution >= 0.6 is 12.4 Å². The van der Waals surface area contributed by atoms with E-state index in [2.05, 4.69) is 5.32 Å². The zero-order valence-electron chi connectivity index (χ0n) is 12.6. The number of rotatable bonds is 8. The number of aliphatic carboxylic acids is 1. The smallest absolute Gasteiger partial charge is 0.321 e. The Morgan fingerprint density at radius 3 is 2.09 bits per heavy atom. The number of hydrogen-bond acceptors (Lipinski definition) is 3. The highest BCUT2D eigenvalue weighted by Crippen LogP contribution is 2.05. The van der Waals surface area contributed by atoms with Crippen LogP contribution in [-0.2, 0) is 11.2 Å². The maximum absolute atomic E-state index is 12.0. The summed E-state index contributed by atoms with van der Waals surface area (Å²) in [6.45, 7) is 0.345. The van der Waals surface area contributed by atoms with Crippen LogP contribution in [0.2, 0.25) is 0 Å². The number of benzene rings is 2. The van der Waals surface area contributed by atoms with Crippen molar-refractivity contribution in [3.63, 3.8) is 0 Å². The molecule has 0 amide bonds. The van der Waals surface area contributed by atoms with Crippen molar-refractivity contribution in [2.24, 2.45) is 0 Å². The molecule has 0 aliphatic carbocycles. The number of carbonyl (C=O) groups excluding carboxylic acids is 1. The third-order valence-corrected chi connectivity index (χ3v) is 3.42. The lowest BCUT2D eigenvalue weighted by molar-refractivity contribution is -0.139. The molecular formula is C18H20ClNO3. The van der Waals surface area contributed by atoms with E-state index in [9.17, 15) is 14.7 Å². The normalized spacial score (nSPS) is 11.3.